The van der Waals surface area contributed by atoms with Gasteiger partial charge in [0.2, 0.25) is 0 Å². The van der Waals surface area contributed by atoms with Crippen LogP contribution in [0.25, 0.3) is 10.9 Å². The van der Waals surface area contributed by atoms with Crippen LogP contribution in [0, 0.1) is 0 Å². The number of aromatic amines is 1. The number of rotatable bonds is 5. The molecule has 116 valence electrons. The molecule has 3 rings (SSSR count). The van der Waals surface area contributed by atoms with Crippen molar-refractivity contribution in [2.45, 2.75) is 13.5 Å². The van der Waals surface area contributed by atoms with Gasteiger partial charge in [0.25, 0.3) is 11.7 Å². The molecule has 0 aliphatic carbocycles. The summed E-state index contributed by atoms with van der Waals surface area (Å²) in [5.74, 6) is -0.943. The van der Waals surface area contributed by atoms with E-state index in [4.69, 9.17) is 0 Å². The summed E-state index contributed by atoms with van der Waals surface area (Å²) >= 11 is 0. The van der Waals surface area contributed by atoms with Gasteiger partial charge >= 0.3 is 0 Å². The van der Waals surface area contributed by atoms with Gasteiger partial charge in [-0.1, -0.05) is 48.5 Å². The zero-order valence-corrected chi connectivity index (χ0v) is 13.0. The highest BCUT2D eigenvalue weighted by atomic mass is 16.2. The fourth-order valence-electron chi connectivity index (χ4n) is 2.65. The van der Waals surface area contributed by atoms with Gasteiger partial charge in [-0.2, -0.15) is 0 Å². The summed E-state index contributed by atoms with van der Waals surface area (Å²) in [4.78, 5) is 29.8. The Bertz CT molecular complexity index is 837. The highest BCUT2D eigenvalue weighted by Gasteiger charge is 2.24. The summed E-state index contributed by atoms with van der Waals surface area (Å²) in [6.07, 6.45) is 1.61. The van der Waals surface area contributed by atoms with E-state index in [1.165, 1.54) is 0 Å². The van der Waals surface area contributed by atoms with Crippen LogP contribution in [0.5, 0.6) is 0 Å². The first-order valence-corrected chi connectivity index (χ1v) is 7.64. The van der Waals surface area contributed by atoms with Gasteiger partial charge in [0.15, 0.2) is 0 Å². The van der Waals surface area contributed by atoms with Gasteiger partial charge < -0.3 is 9.88 Å². The molecule has 3 aromatic rings. The third-order valence-electron chi connectivity index (χ3n) is 3.91. The average molecular weight is 306 g/mol. The van der Waals surface area contributed by atoms with Crippen molar-refractivity contribution in [2.75, 3.05) is 6.54 Å². The van der Waals surface area contributed by atoms with Crippen LogP contribution in [-0.4, -0.2) is 28.1 Å². The van der Waals surface area contributed by atoms with Crippen molar-refractivity contribution in [3.8, 4) is 0 Å². The fraction of sp³-hybridized carbons (Fsp3) is 0.158. The molecular formula is C19H18N2O2. The highest BCUT2D eigenvalue weighted by Crippen LogP contribution is 2.19. The Morgan fingerprint density at radius 3 is 2.43 bits per heavy atom. The zero-order valence-electron chi connectivity index (χ0n) is 13.0. The molecule has 1 heterocycles. The van der Waals surface area contributed by atoms with Gasteiger partial charge in [-0.25, -0.2) is 0 Å². The van der Waals surface area contributed by atoms with E-state index in [2.05, 4.69) is 4.98 Å². The molecule has 0 fully saturated rings. The number of Topliss-reactive ketones (excluding diaryl/α,β-unsaturated/α-hetero) is 1. The van der Waals surface area contributed by atoms with Crippen molar-refractivity contribution in [3.05, 3.63) is 71.9 Å². The number of carbonyl (C=O) groups excluding carboxylic acids is 2. The summed E-state index contributed by atoms with van der Waals surface area (Å²) in [6.45, 7) is 2.80. The normalized spacial score (nSPS) is 10.7. The third kappa shape index (κ3) is 3.01. The molecule has 0 saturated heterocycles. The molecule has 0 aliphatic heterocycles. The highest BCUT2D eigenvalue weighted by molar-refractivity contribution is 6.44. The standard InChI is InChI=1S/C19H18N2O2/c1-2-21(13-14-8-4-3-5-9-14)19(23)18(22)16-12-20-17-11-7-6-10-15(16)17/h3-12,20H,2,13H2,1H3. The molecule has 0 atom stereocenters. The maximum absolute atomic E-state index is 12.6. The summed E-state index contributed by atoms with van der Waals surface area (Å²) in [5.41, 5.74) is 2.29. The largest absolute Gasteiger partial charge is 0.360 e. The monoisotopic (exact) mass is 306 g/mol. The molecule has 0 aliphatic rings. The van der Waals surface area contributed by atoms with E-state index in [1.54, 1.807) is 11.1 Å². The van der Waals surface area contributed by atoms with Crippen LogP contribution >= 0.6 is 0 Å². The topological polar surface area (TPSA) is 53.2 Å². The first-order valence-electron chi connectivity index (χ1n) is 7.64. The van der Waals surface area contributed by atoms with Gasteiger partial charge in [0.1, 0.15) is 0 Å². The van der Waals surface area contributed by atoms with Crippen molar-refractivity contribution < 1.29 is 9.59 Å². The van der Waals surface area contributed by atoms with E-state index in [0.717, 1.165) is 16.5 Å². The minimum atomic E-state index is -0.472. The number of hydrogen-bond donors (Lipinski definition) is 1. The van der Waals surface area contributed by atoms with E-state index < -0.39 is 11.7 Å². The maximum Gasteiger partial charge on any atom is 0.295 e. The Balaban J connectivity index is 1.84. The Kier molecular flexibility index (Phi) is 4.24. The smallest absolute Gasteiger partial charge is 0.295 e. The first kappa shape index (κ1) is 15.0. The lowest BCUT2D eigenvalue weighted by atomic mass is 10.1. The number of likely N-dealkylation sites (N-methyl/N-ethyl adjacent to an activating group) is 1. The molecule has 4 heteroatoms. The number of aromatic nitrogens is 1. The number of nitrogens with one attached hydrogen (secondary N) is 1. The number of nitrogens with zero attached hydrogens (tertiary/aromatic N) is 1. The van der Waals surface area contributed by atoms with E-state index in [9.17, 15) is 9.59 Å². The van der Waals surface area contributed by atoms with E-state index in [1.807, 2.05) is 61.5 Å². The molecule has 0 radical (unpaired) electrons. The van der Waals surface area contributed by atoms with Crippen molar-refractivity contribution in [2.24, 2.45) is 0 Å². The molecular weight excluding hydrogens is 288 g/mol. The quantitative estimate of drug-likeness (QED) is 0.580. The maximum atomic E-state index is 12.6. The molecule has 0 unspecified atom stereocenters. The number of fused-ring (bicyclic) bond motifs is 1. The molecule has 23 heavy (non-hydrogen) atoms. The Labute approximate surface area is 134 Å². The van der Waals surface area contributed by atoms with E-state index in [0.29, 0.717) is 18.7 Å². The van der Waals surface area contributed by atoms with Gasteiger partial charge in [-0.05, 0) is 18.6 Å². The van der Waals surface area contributed by atoms with Crippen LogP contribution in [-0.2, 0) is 11.3 Å². The predicted octanol–water partition coefficient (Wildman–Crippen LogP) is 3.40. The second-order valence-electron chi connectivity index (χ2n) is 5.38. The van der Waals surface area contributed by atoms with Crippen LogP contribution in [0.3, 0.4) is 0 Å². The number of amides is 1. The summed E-state index contributed by atoms with van der Waals surface area (Å²) in [6, 6.07) is 17.2. The van der Waals surface area contributed by atoms with Crippen LogP contribution in [0.1, 0.15) is 22.8 Å². The number of benzene rings is 2. The van der Waals surface area contributed by atoms with Crippen molar-refractivity contribution in [3.63, 3.8) is 0 Å². The molecule has 1 N–H and O–H groups in total. The molecule has 0 saturated carbocycles. The Morgan fingerprint density at radius 2 is 1.70 bits per heavy atom. The molecule has 0 bridgehead atoms. The number of hydrogen-bond acceptors (Lipinski definition) is 2. The van der Waals surface area contributed by atoms with E-state index in [-0.39, 0.29) is 0 Å². The van der Waals surface area contributed by atoms with Gasteiger partial charge in [0.05, 0.1) is 5.56 Å². The van der Waals surface area contributed by atoms with E-state index >= 15 is 0 Å². The molecule has 4 nitrogen and oxygen atoms in total. The lowest BCUT2D eigenvalue weighted by molar-refractivity contribution is -0.126. The molecule has 2 aromatic carbocycles. The van der Waals surface area contributed by atoms with Crippen molar-refractivity contribution >= 4 is 22.6 Å². The Hall–Kier alpha value is -2.88. The second kappa shape index (κ2) is 6.48. The second-order valence-corrected chi connectivity index (χ2v) is 5.38. The zero-order chi connectivity index (χ0) is 16.2. The Morgan fingerprint density at radius 1 is 1.00 bits per heavy atom. The third-order valence-corrected chi connectivity index (χ3v) is 3.91. The summed E-state index contributed by atoms with van der Waals surface area (Å²) in [7, 11) is 0. The lowest BCUT2D eigenvalue weighted by Crippen LogP contribution is -2.35. The molecule has 0 spiro atoms. The average Bonchev–Trinajstić information content (AvgIpc) is 3.03. The molecule has 1 amide bonds. The van der Waals surface area contributed by atoms with Crippen LogP contribution < -0.4 is 0 Å². The van der Waals surface area contributed by atoms with Crippen LogP contribution in [0.15, 0.2) is 60.8 Å². The fourth-order valence-corrected chi connectivity index (χ4v) is 2.65. The predicted molar refractivity (Wildman–Crippen MR) is 90.2 cm³/mol. The minimum absolute atomic E-state index is 0.428. The molecule has 1 aromatic heterocycles. The first-order chi connectivity index (χ1) is 11.2. The van der Waals surface area contributed by atoms with Crippen molar-refractivity contribution in [1.82, 2.24) is 9.88 Å². The number of H-pyrrole nitrogens is 1. The number of ketones is 1. The van der Waals surface area contributed by atoms with Gasteiger partial charge in [-0.3, -0.25) is 9.59 Å². The van der Waals surface area contributed by atoms with Gasteiger partial charge in [0, 0.05) is 30.2 Å². The summed E-state index contributed by atoms with van der Waals surface area (Å²) in [5, 5.41) is 0.779. The number of carbonyl (C=O) groups is 2. The van der Waals surface area contributed by atoms with Crippen LogP contribution in [0.4, 0.5) is 0 Å². The lowest BCUT2D eigenvalue weighted by Gasteiger charge is -2.20. The van der Waals surface area contributed by atoms with Crippen LogP contribution in [0.2, 0.25) is 0 Å². The summed E-state index contributed by atoms with van der Waals surface area (Å²) < 4.78 is 0. The number of para-hydroxylation sites is 1. The van der Waals surface area contributed by atoms with Crippen molar-refractivity contribution in [1.29, 1.82) is 0 Å². The minimum Gasteiger partial charge on any atom is -0.360 e. The SMILES string of the molecule is CCN(Cc1ccccc1)C(=O)C(=O)c1c[nH]c2ccccc12. The van der Waals surface area contributed by atoms with Gasteiger partial charge in [-0.15, -0.1) is 0 Å².